The molecule has 0 spiro atoms. The molecule has 9 saturated heterocycles. The van der Waals surface area contributed by atoms with Crippen molar-refractivity contribution in [1.82, 2.24) is 68.4 Å². The van der Waals surface area contributed by atoms with Crippen LogP contribution in [0.5, 0.6) is 0 Å². The van der Waals surface area contributed by atoms with E-state index in [4.69, 9.17) is 9.84 Å². The SMILES string of the molecule is CC(=O)N1CCN(C(C)C)C(c2ccccc2)C1.CC(C)N1CCC(C(=O)NC2CC2)CC1.CC(C)N1CCC(C(=O)O)CC1.CC(C)N1CCCCC1c1ccccc1.CC(C)N1CCCCC1c1ccccc1.CC(C)N1CCN(CCN(C)C)CC1.CC(C)N1CCN(S(C)(=O)=O)CC1c1ccccc1.CC(C)N1CCOCC1c1ccccc1.CCC(=O)C1CCN(C(C)C)CC1. The number of sulfonamides is 1. The smallest absolute Gasteiger partial charge is 0.306 e. The maximum Gasteiger partial charge on any atom is 0.306 e. The Morgan fingerprint density at radius 1 is 0.382 bits per heavy atom. The number of amides is 2. The molecule has 22 nitrogen and oxygen atoms in total. The van der Waals surface area contributed by atoms with Gasteiger partial charge in [-0.1, -0.05) is 171 Å². The zero-order chi connectivity index (χ0) is 99.6. The van der Waals surface area contributed by atoms with Crippen LogP contribution in [-0.2, 0) is 33.9 Å². The number of rotatable bonds is 23. The van der Waals surface area contributed by atoms with Crippen LogP contribution in [0.15, 0.2) is 152 Å². The summed E-state index contributed by atoms with van der Waals surface area (Å²) < 4.78 is 30.7. The lowest BCUT2D eigenvalue weighted by molar-refractivity contribution is -0.143. The van der Waals surface area contributed by atoms with E-state index in [9.17, 15) is 27.6 Å². The summed E-state index contributed by atoms with van der Waals surface area (Å²) in [6.45, 7) is 67.3. The number of carbonyl (C=O) groups excluding carboxylic acids is 3. The molecule has 5 aromatic rings. The number of nitrogens with zero attached hydrogens (tertiary/aromatic N) is 13. The van der Waals surface area contributed by atoms with Gasteiger partial charge in [-0.3, -0.25) is 53.5 Å². The quantitative estimate of drug-likeness (QED) is 0.0628. The average molecular weight is 1900 g/mol. The minimum absolute atomic E-state index is 0.0972. The number of hydrogen-bond acceptors (Lipinski definition) is 18. The number of carbonyl (C=O) groups is 4. The molecule has 766 valence electrons. The predicted molar refractivity (Wildman–Crippen MR) is 566 cm³/mol. The highest BCUT2D eigenvalue weighted by atomic mass is 32.2. The number of carboxylic acids is 1. The summed E-state index contributed by atoms with van der Waals surface area (Å²) in [4.78, 5) is 74.6. The second-order valence-electron chi connectivity index (χ2n) is 42.4. The van der Waals surface area contributed by atoms with Gasteiger partial charge in [0.1, 0.15) is 5.78 Å². The number of Topliss-reactive ketones (excluding diaryl/α,β-unsaturated/α-hetero) is 1. The molecule has 10 fully saturated rings. The number of ether oxygens (including phenoxy) is 1. The van der Waals surface area contributed by atoms with E-state index in [1.54, 1.807) is 11.2 Å². The number of aliphatic carboxylic acids is 1. The largest absolute Gasteiger partial charge is 0.481 e. The molecule has 136 heavy (non-hydrogen) atoms. The van der Waals surface area contributed by atoms with Crippen LogP contribution in [-0.4, -0.2) is 332 Å². The van der Waals surface area contributed by atoms with E-state index in [1.165, 1.54) is 138 Å². The van der Waals surface area contributed by atoms with Gasteiger partial charge in [0.05, 0.1) is 37.5 Å². The number of likely N-dealkylation sites (N-methyl/N-ethyl adjacent to an activating group) is 1. The van der Waals surface area contributed by atoms with Crippen molar-refractivity contribution in [3.8, 4) is 0 Å². The number of piperazine rings is 3. The molecule has 15 rings (SSSR count). The van der Waals surface area contributed by atoms with E-state index in [1.807, 2.05) is 36.1 Å². The Labute approximate surface area is 828 Å². The summed E-state index contributed by atoms with van der Waals surface area (Å²) in [6, 6.07) is 61.3. The van der Waals surface area contributed by atoms with Crippen LogP contribution in [0, 0.1) is 17.8 Å². The van der Waals surface area contributed by atoms with E-state index < -0.39 is 16.0 Å². The Kier molecular flexibility index (Phi) is 52.7. The predicted octanol–water partition coefficient (Wildman–Crippen LogP) is 19.0. The van der Waals surface area contributed by atoms with Crippen molar-refractivity contribution >= 4 is 33.6 Å². The molecule has 5 unspecified atom stereocenters. The Morgan fingerprint density at radius 2 is 0.721 bits per heavy atom. The normalized spacial score (nSPS) is 22.5. The summed E-state index contributed by atoms with van der Waals surface area (Å²) in [6.07, 6.45) is 18.4. The van der Waals surface area contributed by atoms with Gasteiger partial charge in [-0.2, -0.15) is 4.31 Å². The Morgan fingerprint density at radius 3 is 1.07 bits per heavy atom. The third kappa shape index (κ3) is 40.5. The summed E-state index contributed by atoms with van der Waals surface area (Å²) in [7, 11) is 1.18. The van der Waals surface area contributed by atoms with Crippen molar-refractivity contribution in [2.24, 2.45) is 17.8 Å². The molecule has 0 bridgehead atoms. The van der Waals surface area contributed by atoms with Gasteiger partial charge in [0, 0.05) is 189 Å². The minimum Gasteiger partial charge on any atom is -0.481 e. The monoisotopic (exact) mass is 1900 g/mol. The van der Waals surface area contributed by atoms with Crippen LogP contribution >= 0.6 is 0 Å². The molecule has 23 heteroatoms. The van der Waals surface area contributed by atoms with Gasteiger partial charge in [0.2, 0.25) is 21.8 Å². The Balaban J connectivity index is 0.000000209. The van der Waals surface area contributed by atoms with Crippen molar-refractivity contribution < 1.29 is 37.4 Å². The van der Waals surface area contributed by atoms with Gasteiger partial charge in [0.25, 0.3) is 0 Å². The summed E-state index contributed by atoms with van der Waals surface area (Å²) >= 11 is 0. The van der Waals surface area contributed by atoms with E-state index >= 15 is 0 Å². The fourth-order valence-electron chi connectivity index (χ4n) is 20.5. The van der Waals surface area contributed by atoms with Crippen LogP contribution in [0.3, 0.4) is 0 Å². The summed E-state index contributed by atoms with van der Waals surface area (Å²) in [5.74, 6) is 0.864. The van der Waals surface area contributed by atoms with Crippen molar-refractivity contribution in [2.75, 3.05) is 171 Å². The lowest BCUT2D eigenvalue weighted by Gasteiger charge is -2.43. The van der Waals surface area contributed by atoms with Crippen molar-refractivity contribution in [2.45, 2.75) is 325 Å². The lowest BCUT2D eigenvalue weighted by Crippen LogP contribution is -2.52. The van der Waals surface area contributed by atoms with E-state index in [0.717, 1.165) is 124 Å². The molecule has 5 atom stereocenters. The maximum absolute atomic E-state index is 11.8. The second kappa shape index (κ2) is 61.5. The van der Waals surface area contributed by atoms with Crippen molar-refractivity contribution in [1.29, 1.82) is 0 Å². The molecule has 1 aliphatic carbocycles. The number of nitrogens with one attached hydrogen (secondary N) is 1. The standard InChI is InChI=1S/C15H22N2O.C14H22N2O2S.2C14H21N.C13H19NO.C12H22N2O.C11H25N3.C11H21NO.C9H17NO2/c1-12(2)17-10-9-16(13(3)18)11-15(17)14-7-5-4-6-8-14;1-12(2)16-10-9-15(19(3,17)18)11-14(16)13-7-5-4-6-8-13;2*1-12(2)15-11-7-6-10-14(15)13-8-4-3-5-9-13;1-11(2)14-8-9-15-10-13(14)12-6-4-3-5-7-12;1-9(2)14-7-5-10(6-8-14)12(15)13-11-3-4-11;1-11(2)14-9-7-13(8-10-14)6-5-12(3)4;1-4-11(13)10-5-7-12(8-6-10)9(2)3;1-7(2)10-5-3-8(4-6-10)9(11)12/h4-8,12,15H,9-11H2,1-3H3;4-8,12,14H,9-11H2,1-3H3;2*3-5,8-9,12,14H,6-7,10-11H2,1-2H3;3-7,11,13H,8-10H2,1-2H3;9-11H,3-8H2,1-2H3,(H,13,15);11H,5-10H2,1-4H3;9-10H,4-8H2,1-3H3;7-8H,3-6H2,1-2H3,(H,11,12). The van der Waals surface area contributed by atoms with E-state index in [0.29, 0.717) is 122 Å². The van der Waals surface area contributed by atoms with E-state index in [-0.39, 0.29) is 23.8 Å². The zero-order valence-corrected chi connectivity index (χ0v) is 90.0. The molecular formula is C113H190N14O8S. The highest BCUT2D eigenvalue weighted by Gasteiger charge is 2.37. The highest BCUT2D eigenvalue weighted by Crippen LogP contribution is 2.36. The van der Waals surface area contributed by atoms with Crippen molar-refractivity contribution in [3.63, 3.8) is 0 Å². The Hall–Kier alpha value is -6.39. The molecule has 2 N–H and O–H groups in total. The molecule has 10 aliphatic rings. The summed E-state index contributed by atoms with van der Waals surface area (Å²) in [5, 5.41) is 11.9. The molecule has 0 aromatic heterocycles. The lowest BCUT2D eigenvalue weighted by atomic mass is 9.91. The molecule has 2 amide bonds. The average Bonchev–Trinajstić information content (AvgIpc) is 0.991. The first-order valence-corrected chi connectivity index (χ1v) is 54.9. The molecule has 0 radical (unpaired) electrons. The zero-order valence-electron chi connectivity index (χ0n) is 89.2. The van der Waals surface area contributed by atoms with Gasteiger partial charge in [-0.25, -0.2) is 8.42 Å². The van der Waals surface area contributed by atoms with Gasteiger partial charge >= 0.3 is 5.97 Å². The van der Waals surface area contributed by atoms with Crippen LogP contribution in [0.4, 0.5) is 0 Å². The van der Waals surface area contributed by atoms with E-state index in [2.05, 4.69) is 325 Å². The third-order valence-corrected chi connectivity index (χ3v) is 30.7. The molecule has 9 aliphatic heterocycles. The first-order valence-electron chi connectivity index (χ1n) is 53.1. The number of ketones is 1. The Bertz CT molecular complexity index is 4000. The number of likely N-dealkylation sites (tertiary alicyclic amines) is 5. The minimum atomic E-state index is -3.11. The number of piperidine rings is 5. The van der Waals surface area contributed by atoms with Crippen LogP contribution in [0.1, 0.15) is 293 Å². The first-order chi connectivity index (χ1) is 64.9. The fraction of sp³-hybridized carbons (Fsp3) is 0.699. The topological polar surface area (TPSA) is 186 Å². The first kappa shape index (κ1) is 117. The molecule has 1 saturated carbocycles. The highest BCUT2D eigenvalue weighted by molar-refractivity contribution is 7.88. The van der Waals surface area contributed by atoms with Crippen LogP contribution in [0.25, 0.3) is 0 Å². The molecule has 9 heterocycles. The van der Waals surface area contributed by atoms with Crippen molar-refractivity contribution in [3.05, 3.63) is 179 Å². The fourth-order valence-corrected chi connectivity index (χ4v) is 21.3. The molecular weight excluding hydrogens is 1710 g/mol. The second-order valence-corrected chi connectivity index (χ2v) is 44.4. The van der Waals surface area contributed by atoms with Crippen LogP contribution < -0.4 is 5.32 Å². The van der Waals surface area contributed by atoms with Crippen LogP contribution in [0.2, 0.25) is 0 Å². The van der Waals surface area contributed by atoms with Gasteiger partial charge in [-0.05, 0) is 296 Å². The number of hydrogen-bond donors (Lipinski definition) is 2. The number of morpholine rings is 1. The molecule has 5 aromatic carbocycles. The summed E-state index contributed by atoms with van der Waals surface area (Å²) in [5.41, 5.74) is 6.84. The maximum atomic E-state index is 11.8. The van der Waals surface area contributed by atoms with Gasteiger partial charge < -0.3 is 39.7 Å². The van der Waals surface area contributed by atoms with Gasteiger partial charge in [0.15, 0.2) is 0 Å². The number of benzene rings is 5. The number of carboxylic acid groups (broad SMARTS) is 1. The third-order valence-electron chi connectivity index (χ3n) is 29.4. The van der Waals surface area contributed by atoms with Gasteiger partial charge in [-0.15, -0.1) is 0 Å².